The molecule has 0 radical (unpaired) electrons. The monoisotopic (exact) mass is 208 g/mol. The standard InChI is InChI=1S/C11H16N2O2/c1-11(2,3)7-15-9-5-4-6-12-10(9)13-8-14/h4-6,8H,7H2,1-3H3,(H,12,13,14). The number of carbonyl (C=O) groups is 1. The van der Waals surface area contributed by atoms with Gasteiger partial charge < -0.3 is 10.1 Å². The van der Waals surface area contributed by atoms with Crippen molar-refractivity contribution in [2.24, 2.45) is 5.41 Å². The molecule has 1 heterocycles. The third-order valence-corrected chi connectivity index (χ3v) is 1.63. The molecule has 0 unspecified atom stereocenters. The lowest BCUT2D eigenvalue weighted by molar-refractivity contribution is -0.105. The highest BCUT2D eigenvalue weighted by atomic mass is 16.5. The van der Waals surface area contributed by atoms with Gasteiger partial charge in [-0.05, 0) is 17.5 Å². The number of anilines is 1. The number of rotatable bonds is 4. The number of hydrogen-bond acceptors (Lipinski definition) is 3. The summed E-state index contributed by atoms with van der Waals surface area (Å²) < 4.78 is 5.57. The summed E-state index contributed by atoms with van der Waals surface area (Å²) in [4.78, 5) is 14.3. The van der Waals surface area contributed by atoms with Gasteiger partial charge in [-0.25, -0.2) is 4.98 Å². The first-order chi connectivity index (χ1) is 7.03. The second-order valence-electron chi connectivity index (χ2n) is 4.46. The Morgan fingerprint density at radius 3 is 2.87 bits per heavy atom. The molecule has 0 bridgehead atoms. The predicted molar refractivity (Wildman–Crippen MR) is 58.9 cm³/mol. The maximum absolute atomic E-state index is 10.3. The fourth-order valence-corrected chi connectivity index (χ4v) is 0.965. The van der Waals surface area contributed by atoms with Crippen LogP contribution in [0.4, 0.5) is 5.82 Å². The molecule has 82 valence electrons. The fourth-order valence-electron chi connectivity index (χ4n) is 0.965. The lowest BCUT2D eigenvalue weighted by Gasteiger charge is -2.19. The van der Waals surface area contributed by atoms with Crippen LogP contribution < -0.4 is 10.1 Å². The number of hydrogen-bond donors (Lipinski definition) is 1. The number of nitrogens with one attached hydrogen (secondary N) is 1. The minimum atomic E-state index is 0.0777. The summed E-state index contributed by atoms with van der Waals surface area (Å²) in [6, 6.07) is 3.55. The van der Waals surface area contributed by atoms with Crippen LogP contribution in [0.2, 0.25) is 0 Å². The topological polar surface area (TPSA) is 51.2 Å². The summed E-state index contributed by atoms with van der Waals surface area (Å²) in [6.45, 7) is 6.81. The van der Waals surface area contributed by atoms with Gasteiger partial charge in [0.05, 0.1) is 6.61 Å². The summed E-state index contributed by atoms with van der Waals surface area (Å²) >= 11 is 0. The largest absolute Gasteiger partial charge is 0.489 e. The molecule has 15 heavy (non-hydrogen) atoms. The summed E-state index contributed by atoms with van der Waals surface area (Å²) in [7, 11) is 0. The van der Waals surface area contributed by atoms with E-state index in [0.29, 0.717) is 24.6 Å². The number of pyridine rings is 1. The number of aromatic nitrogens is 1. The van der Waals surface area contributed by atoms with E-state index in [9.17, 15) is 4.79 Å². The lowest BCUT2D eigenvalue weighted by atomic mass is 9.99. The molecule has 0 atom stereocenters. The third-order valence-electron chi connectivity index (χ3n) is 1.63. The highest BCUT2D eigenvalue weighted by Gasteiger charge is 2.12. The van der Waals surface area contributed by atoms with Gasteiger partial charge in [0.15, 0.2) is 11.6 Å². The molecule has 0 aliphatic rings. The second kappa shape index (κ2) is 4.77. The first-order valence-corrected chi connectivity index (χ1v) is 4.81. The smallest absolute Gasteiger partial charge is 0.212 e. The molecule has 0 spiro atoms. The Kier molecular flexibility index (Phi) is 3.66. The molecular weight excluding hydrogens is 192 g/mol. The number of nitrogens with zero attached hydrogens (tertiary/aromatic N) is 1. The van der Waals surface area contributed by atoms with Crippen molar-refractivity contribution in [1.82, 2.24) is 4.98 Å². The molecule has 1 N–H and O–H groups in total. The zero-order valence-corrected chi connectivity index (χ0v) is 9.28. The van der Waals surface area contributed by atoms with E-state index in [1.54, 1.807) is 18.3 Å². The van der Waals surface area contributed by atoms with Crippen molar-refractivity contribution in [1.29, 1.82) is 0 Å². The van der Waals surface area contributed by atoms with Crippen LogP contribution in [0.1, 0.15) is 20.8 Å². The van der Waals surface area contributed by atoms with Crippen molar-refractivity contribution >= 4 is 12.2 Å². The molecule has 4 heteroatoms. The van der Waals surface area contributed by atoms with E-state index in [1.807, 2.05) is 0 Å². The van der Waals surface area contributed by atoms with Crippen LogP contribution in [0, 0.1) is 5.41 Å². The van der Waals surface area contributed by atoms with E-state index >= 15 is 0 Å². The average Bonchev–Trinajstić information content (AvgIpc) is 2.16. The van der Waals surface area contributed by atoms with Crippen LogP contribution in [-0.2, 0) is 4.79 Å². The molecule has 0 saturated carbocycles. The number of ether oxygens (including phenoxy) is 1. The summed E-state index contributed by atoms with van der Waals surface area (Å²) in [5.74, 6) is 1.05. The number of carbonyl (C=O) groups excluding carboxylic acids is 1. The van der Waals surface area contributed by atoms with E-state index in [0.717, 1.165) is 0 Å². The average molecular weight is 208 g/mol. The van der Waals surface area contributed by atoms with E-state index in [2.05, 4.69) is 31.1 Å². The minimum Gasteiger partial charge on any atom is -0.489 e. The van der Waals surface area contributed by atoms with Gasteiger partial charge in [0.1, 0.15) is 0 Å². The van der Waals surface area contributed by atoms with Gasteiger partial charge in [-0.1, -0.05) is 20.8 Å². The summed E-state index contributed by atoms with van der Waals surface area (Å²) in [5, 5.41) is 2.50. The Balaban J connectivity index is 2.71. The van der Waals surface area contributed by atoms with Crippen molar-refractivity contribution in [3.05, 3.63) is 18.3 Å². The summed E-state index contributed by atoms with van der Waals surface area (Å²) in [5.41, 5.74) is 0.0777. The molecule has 0 saturated heterocycles. The zero-order valence-electron chi connectivity index (χ0n) is 9.28. The predicted octanol–water partition coefficient (Wildman–Crippen LogP) is 2.07. The van der Waals surface area contributed by atoms with E-state index in [-0.39, 0.29) is 5.41 Å². The molecule has 1 amide bonds. The van der Waals surface area contributed by atoms with Gasteiger partial charge in [-0.3, -0.25) is 4.79 Å². The maximum Gasteiger partial charge on any atom is 0.212 e. The van der Waals surface area contributed by atoms with Crippen molar-refractivity contribution < 1.29 is 9.53 Å². The normalized spacial score (nSPS) is 10.9. The van der Waals surface area contributed by atoms with Gasteiger partial charge in [0.25, 0.3) is 0 Å². The third kappa shape index (κ3) is 3.97. The first kappa shape index (κ1) is 11.5. The fraction of sp³-hybridized carbons (Fsp3) is 0.455. The van der Waals surface area contributed by atoms with Crippen LogP contribution in [0.3, 0.4) is 0 Å². The van der Waals surface area contributed by atoms with Crippen molar-refractivity contribution in [2.75, 3.05) is 11.9 Å². The quantitative estimate of drug-likeness (QED) is 0.771. The van der Waals surface area contributed by atoms with Crippen molar-refractivity contribution in [2.45, 2.75) is 20.8 Å². The Labute approximate surface area is 89.7 Å². The number of amides is 1. The minimum absolute atomic E-state index is 0.0777. The highest BCUT2D eigenvalue weighted by Crippen LogP contribution is 2.23. The van der Waals surface area contributed by atoms with Crippen LogP contribution in [0.25, 0.3) is 0 Å². The lowest BCUT2D eigenvalue weighted by Crippen LogP contribution is -2.17. The SMILES string of the molecule is CC(C)(C)COc1cccnc1NC=O. The molecule has 4 nitrogen and oxygen atoms in total. The van der Waals surface area contributed by atoms with Crippen LogP contribution >= 0.6 is 0 Å². The molecule has 1 aromatic rings. The van der Waals surface area contributed by atoms with Crippen LogP contribution in [0.5, 0.6) is 5.75 Å². The Bertz CT molecular complexity index is 332. The van der Waals surface area contributed by atoms with E-state index < -0.39 is 0 Å². The Morgan fingerprint density at radius 2 is 2.27 bits per heavy atom. The zero-order chi connectivity index (χ0) is 11.3. The van der Waals surface area contributed by atoms with Crippen LogP contribution in [0.15, 0.2) is 18.3 Å². The van der Waals surface area contributed by atoms with Crippen LogP contribution in [-0.4, -0.2) is 18.0 Å². The maximum atomic E-state index is 10.3. The molecule has 1 rings (SSSR count). The molecule has 0 aliphatic carbocycles. The molecule has 0 fully saturated rings. The van der Waals surface area contributed by atoms with Crippen molar-refractivity contribution in [3.63, 3.8) is 0 Å². The molecule has 0 aliphatic heterocycles. The first-order valence-electron chi connectivity index (χ1n) is 4.81. The van der Waals surface area contributed by atoms with Gasteiger partial charge >= 0.3 is 0 Å². The van der Waals surface area contributed by atoms with E-state index in [4.69, 9.17) is 4.74 Å². The molecule has 1 aromatic heterocycles. The van der Waals surface area contributed by atoms with Crippen molar-refractivity contribution in [3.8, 4) is 5.75 Å². The van der Waals surface area contributed by atoms with Gasteiger partial charge in [0.2, 0.25) is 6.41 Å². The Hall–Kier alpha value is -1.58. The van der Waals surface area contributed by atoms with Gasteiger partial charge in [-0.15, -0.1) is 0 Å². The van der Waals surface area contributed by atoms with E-state index in [1.165, 1.54) is 0 Å². The molecular formula is C11H16N2O2. The second-order valence-corrected chi connectivity index (χ2v) is 4.46. The molecule has 0 aromatic carbocycles. The summed E-state index contributed by atoms with van der Waals surface area (Å²) in [6.07, 6.45) is 2.20. The van der Waals surface area contributed by atoms with Gasteiger partial charge in [0, 0.05) is 6.20 Å². The highest BCUT2D eigenvalue weighted by molar-refractivity contribution is 5.72. The Morgan fingerprint density at radius 1 is 1.53 bits per heavy atom. The van der Waals surface area contributed by atoms with Gasteiger partial charge in [-0.2, -0.15) is 0 Å².